The van der Waals surface area contributed by atoms with Crippen molar-refractivity contribution in [2.45, 2.75) is 25.8 Å². The molecule has 1 saturated heterocycles. The Kier molecular flexibility index (Phi) is 4.52. The molecule has 1 aliphatic heterocycles. The van der Waals surface area contributed by atoms with Crippen LogP contribution in [-0.4, -0.2) is 31.7 Å². The molecule has 1 rings (SSSR count). The van der Waals surface area contributed by atoms with Gasteiger partial charge in [0, 0.05) is 5.70 Å². The van der Waals surface area contributed by atoms with Crippen molar-refractivity contribution in [1.29, 1.82) is 5.26 Å². The molecule has 0 aliphatic carbocycles. The molecule has 0 amide bonds. The third-order valence-electron chi connectivity index (χ3n) is 2.41. The van der Waals surface area contributed by atoms with Crippen molar-refractivity contribution < 1.29 is 19.1 Å². The van der Waals surface area contributed by atoms with Crippen LogP contribution in [0.4, 0.5) is 0 Å². The van der Waals surface area contributed by atoms with Gasteiger partial charge in [0.1, 0.15) is 12.1 Å². The molecule has 0 saturated carbocycles. The number of allylic oxidation sites excluding steroid dienone is 1. The Bertz CT molecular complexity index is 395. The van der Waals surface area contributed by atoms with Crippen LogP contribution in [0.25, 0.3) is 0 Å². The monoisotopic (exact) mass is 238 g/mol. The van der Waals surface area contributed by atoms with Crippen LogP contribution >= 0.6 is 0 Å². The van der Waals surface area contributed by atoms with E-state index in [2.05, 4.69) is 10.1 Å². The molecule has 0 aromatic heterocycles. The summed E-state index contributed by atoms with van der Waals surface area (Å²) in [5, 5.41) is 11.7. The van der Waals surface area contributed by atoms with E-state index in [0.29, 0.717) is 25.1 Å². The average molecular weight is 238 g/mol. The number of nitrogens with zero attached hydrogens (tertiary/aromatic N) is 1. The normalized spacial score (nSPS) is 21.1. The maximum absolute atomic E-state index is 11.4. The second-order valence-electron chi connectivity index (χ2n) is 3.44. The third kappa shape index (κ3) is 2.97. The first-order valence-corrected chi connectivity index (χ1v) is 5.28. The van der Waals surface area contributed by atoms with Crippen LogP contribution in [0.5, 0.6) is 0 Å². The molecular weight excluding hydrogens is 224 g/mol. The van der Waals surface area contributed by atoms with Crippen LogP contribution in [0.3, 0.4) is 0 Å². The number of hydrogen-bond donors (Lipinski definition) is 1. The van der Waals surface area contributed by atoms with Crippen molar-refractivity contribution in [2.75, 3.05) is 13.7 Å². The second-order valence-corrected chi connectivity index (χ2v) is 3.44. The molecule has 92 valence electrons. The van der Waals surface area contributed by atoms with E-state index in [1.54, 1.807) is 13.0 Å². The van der Waals surface area contributed by atoms with Crippen molar-refractivity contribution in [1.82, 2.24) is 5.32 Å². The summed E-state index contributed by atoms with van der Waals surface area (Å²) in [4.78, 5) is 22.7. The highest BCUT2D eigenvalue weighted by molar-refractivity contribution is 5.93. The summed E-state index contributed by atoms with van der Waals surface area (Å²) in [6, 6.07) is 1.29. The van der Waals surface area contributed by atoms with Crippen molar-refractivity contribution in [2.24, 2.45) is 0 Å². The summed E-state index contributed by atoms with van der Waals surface area (Å²) in [7, 11) is 1.21. The number of carbonyl (C=O) groups is 2. The number of ether oxygens (including phenoxy) is 2. The zero-order valence-electron chi connectivity index (χ0n) is 9.78. The van der Waals surface area contributed by atoms with Gasteiger partial charge in [-0.2, -0.15) is 5.26 Å². The van der Waals surface area contributed by atoms with Gasteiger partial charge in [0.05, 0.1) is 13.7 Å². The lowest BCUT2D eigenvalue weighted by Crippen LogP contribution is -2.32. The first-order valence-electron chi connectivity index (χ1n) is 5.28. The van der Waals surface area contributed by atoms with Gasteiger partial charge < -0.3 is 14.8 Å². The minimum Gasteiger partial charge on any atom is -0.465 e. The Balaban J connectivity index is 2.78. The highest BCUT2D eigenvalue weighted by Crippen LogP contribution is 2.20. The van der Waals surface area contributed by atoms with Gasteiger partial charge in [0.2, 0.25) is 0 Å². The van der Waals surface area contributed by atoms with E-state index in [1.165, 1.54) is 7.11 Å². The largest absolute Gasteiger partial charge is 0.465 e. The standard InChI is InChI=1S/C11H14N2O4/c1-3-17-11(15)9-5-4-8(13-9)7(6-12)10(14)16-2/h9,13H,3-5H2,1-2H3/b8-7-/t9-/m1/s1. The van der Waals surface area contributed by atoms with Crippen LogP contribution in [0.2, 0.25) is 0 Å². The van der Waals surface area contributed by atoms with E-state index in [-0.39, 0.29) is 11.5 Å². The molecular formula is C11H14N2O4. The van der Waals surface area contributed by atoms with Crippen molar-refractivity contribution in [3.8, 4) is 6.07 Å². The number of carbonyl (C=O) groups excluding carboxylic acids is 2. The Morgan fingerprint density at radius 2 is 2.29 bits per heavy atom. The number of nitrogens with one attached hydrogen (secondary N) is 1. The molecule has 1 fully saturated rings. The van der Waals surface area contributed by atoms with Crippen molar-refractivity contribution in [3.05, 3.63) is 11.3 Å². The molecule has 0 bridgehead atoms. The summed E-state index contributed by atoms with van der Waals surface area (Å²) in [5.74, 6) is -1.07. The van der Waals surface area contributed by atoms with Crippen LogP contribution < -0.4 is 5.32 Å². The smallest absolute Gasteiger partial charge is 0.350 e. The number of esters is 2. The van der Waals surface area contributed by atoms with Gasteiger partial charge in [-0.1, -0.05) is 0 Å². The number of rotatable bonds is 3. The lowest BCUT2D eigenvalue weighted by Gasteiger charge is -2.10. The molecule has 1 atom stereocenters. The van der Waals surface area contributed by atoms with Crippen LogP contribution in [0.15, 0.2) is 11.3 Å². The minimum atomic E-state index is -0.695. The summed E-state index contributed by atoms with van der Waals surface area (Å²) >= 11 is 0. The minimum absolute atomic E-state index is 0.0840. The molecule has 0 unspecified atom stereocenters. The SMILES string of the molecule is CCOC(=O)[C@H]1CC/C(=C(\C#N)C(=O)OC)N1. The van der Waals surface area contributed by atoms with E-state index in [1.807, 2.05) is 0 Å². The molecule has 1 N–H and O–H groups in total. The second kappa shape index (κ2) is 5.89. The molecule has 6 nitrogen and oxygen atoms in total. The Hall–Kier alpha value is -2.03. The zero-order valence-corrected chi connectivity index (χ0v) is 9.78. The Morgan fingerprint density at radius 1 is 1.59 bits per heavy atom. The molecule has 0 radical (unpaired) electrons. The number of hydrogen-bond acceptors (Lipinski definition) is 6. The van der Waals surface area contributed by atoms with Gasteiger partial charge in [-0.25, -0.2) is 9.59 Å². The lowest BCUT2D eigenvalue weighted by atomic mass is 10.2. The Morgan fingerprint density at radius 3 is 2.82 bits per heavy atom. The predicted octanol–water partition coefficient (Wildman–Crippen LogP) is 0.252. The Labute approximate surface area is 99.2 Å². The molecule has 1 heterocycles. The van der Waals surface area contributed by atoms with E-state index >= 15 is 0 Å². The molecule has 0 aromatic rings. The molecule has 0 spiro atoms. The number of methoxy groups -OCH3 is 1. The number of nitriles is 1. The van der Waals surface area contributed by atoms with E-state index in [4.69, 9.17) is 10.00 Å². The predicted molar refractivity (Wildman–Crippen MR) is 57.4 cm³/mol. The molecule has 6 heteroatoms. The van der Waals surface area contributed by atoms with E-state index < -0.39 is 12.0 Å². The molecule has 17 heavy (non-hydrogen) atoms. The highest BCUT2D eigenvalue weighted by atomic mass is 16.5. The average Bonchev–Trinajstić information content (AvgIpc) is 2.79. The summed E-state index contributed by atoms with van der Waals surface area (Å²) in [5.41, 5.74) is 0.358. The zero-order chi connectivity index (χ0) is 12.8. The maximum atomic E-state index is 11.4. The van der Waals surface area contributed by atoms with Crippen LogP contribution in [0, 0.1) is 11.3 Å². The topological polar surface area (TPSA) is 88.4 Å². The third-order valence-corrected chi connectivity index (χ3v) is 2.41. The quantitative estimate of drug-likeness (QED) is 0.431. The van der Waals surface area contributed by atoms with Gasteiger partial charge in [0.15, 0.2) is 5.57 Å². The fraction of sp³-hybridized carbons (Fsp3) is 0.545. The van der Waals surface area contributed by atoms with Crippen LogP contribution in [0.1, 0.15) is 19.8 Å². The van der Waals surface area contributed by atoms with Gasteiger partial charge in [0.25, 0.3) is 0 Å². The lowest BCUT2D eigenvalue weighted by molar-refractivity contribution is -0.145. The van der Waals surface area contributed by atoms with Crippen molar-refractivity contribution >= 4 is 11.9 Å². The van der Waals surface area contributed by atoms with Crippen LogP contribution in [-0.2, 0) is 19.1 Å². The maximum Gasteiger partial charge on any atom is 0.350 e. The van der Waals surface area contributed by atoms with Gasteiger partial charge in [-0.05, 0) is 19.8 Å². The summed E-state index contributed by atoms with van der Waals surface area (Å²) in [6.45, 7) is 2.02. The summed E-state index contributed by atoms with van der Waals surface area (Å²) in [6.07, 6.45) is 0.970. The van der Waals surface area contributed by atoms with E-state index in [0.717, 1.165) is 0 Å². The van der Waals surface area contributed by atoms with Crippen molar-refractivity contribution in [3.63, 3.8) is 0 Å². The first kappa shape index (κ1) is 13.0. The van der Waals surface area contributed by atoms with Gasteiger partial charge >= 0.3 is 11.9 Å². The fourth-order valence-corrected chi connectivity index (χ4v) is 1.60. The first-order chi connectivity index (χ1) is 8.13. The molecule has 1 aliphatic rings. The molecule has 0 aromatic carbocycles. The van der Waals surface area contributed by atoms with Gasteiger partial charge in [-0.15, -0.1) is 0 Å². The fourth-order valence-electron chi connectivity index (χ4n) is 1.60. The highest BCUT2D eigenvalue weighted by Gasteiger charge is 2.30. The van der Waals surface area contributed by atoms with E-state index in [9.17, 15) is 9.59 Å². The summed E-state index contributed by atoms with van der Waals surface area (Å²) < 4.78 is 9.33. The van der Waals surface area contributed by atoms with Gasteiger partial charge in [-0.3, -0.25) is 0 Å².